The number of nitriles is 1. The Hall–Kier alpha value is -2.08. The molecule has 0 radical (unpaired) electrons. The highest BCUT2D eigenvalue weighted by Gasteiger charge is 2.25. The number of carbonyl (C=O) groups is 1. The Balaban J connectivity index is 1.95. The van der Waals surface area contributed by atoms with E-state index in [1.165, 1.54) is 0 Å². The first-order valence-corrected chi connectivity index (χ1v) is 6.60. The minimum atomic E-state index is -0.155. The van der Waals surface area contributed by atoms with Crippen LogP contribution in [0.4, 0.5) is 0 Å². The molecular weight excluding hydrogens is 236 g/mol. The zero-order valence-electron chi connectivity index (χ0n) is 11.0. The molecule has 98 valence electrons. The van der Waals surface area contributed by atoms with E-state index in [9.17, 15) is 4.79 Å². The summed E-state index contributed by atoms with van der Waals surface area (Å²) in [5.41, 5.74) is 0.988. The Morgan fingerprint density at radius 3 is 2.79 bits per heavy atom. The highest BCUT2D eigenvalue weighted by Crippen LogP contribution is 2.22. The zero-order chi connectivity index (χ0) is 13.7. The topological polar surface area (TPSA) is 52.9 Å². The quantitative estimate of drug-likeness (QED) is 0.842. The maximum Gasteiger partial charge on any atom is 0.224 e. The Labute approximate surface area is 113 Å². The van der Waals surface area contributed by atoms with Crippen LogP contribution in [-0.2, 0) is 11.2 Å². The first-order valence-electron chi connectivity index (χ1n) is 6.60. The minimum Gasteiger partial charge on any atom is -0.348 e. The van der Waals surface area contributed by atoms with Gasteiger partial charge in [-0.15, -0.1) is 0 Å². The van der Waals surface area contributed by atoms with Gasteiger partial charge in [-0.1, -0.05) is 49.4 Å². The lowest BCUT2D eigenvalue weighted by Gasteiger charge is -2.26. The molecule has 19 heavy (non-hydrogen) atoms. The summed E-state index contributed by atoms with van der Waals surface area (Å²) in [5.74, 6) is 0.252. The van der Waals surface area contributed by atoms with Crippen LogP contribution in [0.25, 0.3) is 0 Å². The standard InChI is InChI=1S/C16H18N2O/c1-12-7-8-15(14(9-12)11-17)18-16(19)10-13-5-3-2-4-6-13/h2-8,12,14-15H,9-10H2,1H3,(H,18,19)/t12-,14+,15+/m1/s1. The lowest BCUT2D eigenvalue weighted by atomic mass is 9.85. The molecule has 0 aromatic heterocycles. The predicted octanol–water partition coefficient (Wildman–Crippen LogP) is 2.45. The number of rotatable bonds is 3. The number of amides is 1. The van der Waals surface area contributed by atoms with Gasteiger partial charge in [-0.3, -0.25) is 4.79 Å². The van der Waals surface area contributed by atoms with Crippen molar-refractivity contribution in [3.8, 4) is 6.07 Å². The monoisotopic (exact) mass is 254 g/mol. The smallest absolute Gasteiger partial charge is 0.224 e. The SMILES string of the molecule is C[C@@H]1C=C[C@H](NC(=O)Cc2ccccc2)[C@H](C#N)C1. The number of benzene rings is 1. The molecule has 3 nitrogen and oxygen atoms in total. The number of nitrogens with zero attached hydrogens (tertiary/aromatic N) is 1. The summed E-state index contributed by atoms with van der Waals surface area (Å²) >= 11 is 0. The van der Waals surface area contributed by atoms with Gasteiger partial charge in [0.15, 0.2) is 0 Å². The first kappa shape index (κ1) is 13.4. The molecule has 0 fully saturated rings. The van der Waals surface area contributed by atoms with E-state index in [0.717, 1.165) is 12.0 Å². The van der Waals surface area contributed by atoms with Crippen molar-refractivity contribution >= 4 is 5.91 Å². The van der Waals surface area contributed by atoms with Crippen molar-refractivity contribution < 1.29 is 4.79 Å². The molecule has 0 bridgehead atoms. The second kappa shape index (κ2) is 6.19. The molecule has 0 aliphatic heterocycles. The van der Waals surface area contributed by atoms with Crippen molar-refractivity contribution in [2.75, 3.05) is 0 Å². The van der Waals surface area contributed by atoms with Gasteiger partial charge in [0.05, 0.1) is 24.4 Å². The second-order valence-corrected chi connectivity index (χ2v) is 5.09. The molecule has 3 atom stereocenters. The van der Waals surface area contributed by atoms with Gasteiger partial charge in [0, 0.05) is 0 Å². The van der Waals surface area contributed by atoms with Crippen LogP contribution >= 0.6 is 0 Å². The molecule has 1 aliphatic carbocycles. The van der Waals surface area contributed by atoms with E-state index in [2.05, 4.69) is 24.4 Å². The summed E-state index contributed by atoms with van der Waals surface area (Å²) in [5, 5.41) is 12.1. The van der Waals surface area contributed by atoms with Crippen molar-refractivity contribution in [1.82, 2.24) is 5.32 Å². The van der Waals surface area contributed by atoms with E-state index >= 15 is 0 Å². The molecule has 0 unspecified atom stereocenters. The molecule has 1 aliphatic rings. The van der Waals surface area contributed by atoms with Gasteiger partial charge >= 0.3 is 0 Å². The second-order valence-electron chi connectivity index (χ2n) is 5.09. The molecule has 0 heterocycles. The molecule has 0 spiro atoms. The van der Waals surface area contributed by atoms with Gasteiger partial charge in [0.1, 0.15) is 0 Å². The third-order valence-corrected chi connectivity index (χ3v) is 3.41. The Bertz CT molecular complexity index is 501. The normalized spacial score (nSPS) is 25.6. The van der Waals surface area contributed by atoms with Gasteiger partial charge in [0.25, 0.3) is 0 Å². The lowest BCUT2D eigenvalue weighted by molar-refractivity contribution is -0.121. The van der Waals surface area contributed by atoms with Crippen LogP contribution in [0.1, 0.15) is 18.9 Å². The van der Waals surface area contributed by atoms with Crippen LogP contribution in [0.5, 0.6) is 0 Å². The van der Waals surface area contributed by atoms with Gasteiger partial charge in [-0.25, -0.2) is 0 Å². The van der Waals surface area contributed by atoms with Crippen molar-refractivity contribution in [2.45, 2.75) is 25.8 Å². The van der Waals surface area contributed by atoms with E-state index in [1.54, 1.807) is 0 Å². The summed E-state index contributed by atoms with van der Waals surface area (Å²) in [4.78, 5) is 12.0. The van der Waals surface area contributed by atoms with Crippen LogP contribution < -0.4 is 5.32 Å². The fraction of sp³-hybridized carbons (Fsp3) is 0.375. The maximum absolute atomic E-state index is 12.0. The van der Waals surface area contributed by atoms with Crippen LogP contribution in [0.2, 0.25) is 0 Å². The third-order valence-electron chi connectivity index (χ3n) is 3.41. The molecule has 1 N–H and O–H groups in total. The van der Waals surface area contributed by atoms with E-state index in [-0.39, 0.29) is 17.9 Å². The van der Waals surface area contributed by atoms with E-state index in [0.29, 0.717) is 12.3 Å². The molecule has 1 aromatic rings. The average molecular weight is 254 g/mol. The van der Waals surface area contributed by atoms with E-state index < -0.39 is 0 Å². The van der Waals surface area contributed by atoms with Crippen molar-refractivity contribution in [3.05, 3.63) is 48.0 Å². The van der Waals surface area contributed by atoms with E-state index in [4.69, 9.17) is 5.26 Å². The number of hydrogen-bond donors (Lipinski definition) is 1. The first-order chi connectivity index (χ1) is 9.19. The fourth-order valence-corrected chi connectivity index (χ4v) is 2.37. The fourth-order valence-electron chi connectivity index (χ4n) is 2.37. The summed E-state index contributed by atoms with van der Waals surface area (Å²) in [6.07, 6.45) is 5.19. The zero-order valence-corrected chi connectivity index (χ0v) is 11.0. The van der Waals surface area contributed by atoms with Crippen molar-refractivity contribution in [3.63, 3.8) is 0 Å². The van der Waals surface area contributed by atoms with Crippen LogP contribution in [0.3, 0.4) is 0 Å². The molecule has 3 heteroatoms. The third kappa shape index (κ3) is 3.69. The van der Waals surface area contributed by atoms with Crippen LogP contribution in [-0.4, -0.2) is 11.9 Å². The summed E-state index contributed by atoms with van der Waals surface area (Å²) < 4.78 is 0. The Kier molecular flexibility index (Phi) is 4.35. The van der Waals surface area contributed by atoms with Crippen molar-refractivity contribution in [1.29, 1.82) is 5.26 Å². The highest BCUT2D eigenvalue weighted by atomic mass is 16.1. The number of allylic oxidation sites excluding steroid dienone is 1. The predicted molar refractivity (Wildman–Crippen MR) is 74.1 cm³/mol. The van der Waals surface area contributed by atoms with Gasteiger partial charge < -0.3 is 5.32 Å². The summed E-state index contributed by atoms with van der Waals surface area (Å²) in [6.45, 7) is 2.09. The number of carbonyl (C=O) groups excluding carboxylic acids is 1. The van der Waals surface area contributed by atoms with Gasteiger partial charge in [-0.05, 0) is 17.9 Å². The summed E-state index contributed by atoms with van der Waals surface area (Å²) in [7, 11) is 0. The van der Waals surface area contributed by atoms with Gasteiger partial charge in [0.2, 0.25) is 5.91 Å². The van der Waals surface area contributed by atoms with Crippen LogP contribution in [0, 0.1) is 23.2 Å². The summed E-state index contributed by atoms with van der Waals surface area (Å²) in [6, 6.07) is 11.8. The highest BCUT2D eigenvalue weighted by molar-refractivity contribution is 5.79. The Morgan fingerprint density at radius 1 is 1.37 bits per heavy atom. The average Bonchev–Trinajstić information content (AvgIpc) is 2.42. The molecule has 0 saturated carbocycles. The molecule has 0 saturated heterocycles. The molecule has 1 amide bonds. The van der Waals surface area contributed by atoms with E-state index in [1.807, 2.05) is 36.4 Å². The van der Waals surface area contributed by atoms with Crippen molar-refractivity contribution in [2.24, 2.45) is 11.8 Å². The Morgan fingerprint density at radius 2 is 2.11 bits per heavy atom. The largest absolute Gasteiger partial charge is 0.348 e. The molecule has 2 rings (SSSR count). The van der Waals surface area contributed by atoms with Gasteiger partial charge in [-0.2, -0.15) is 5.26 Å². The minimum absolute atomic E-state index is 0.0318. The van der Waals surface area contributed by atoms with Crippen LogP contribution in [0.15, 0.2) is 42.5 Å². The lowest BCUT2D eigenvalue weighted by Crippen LogP contribution is -2.41. The molecular formula is C16H18N2O. The number of nitrogens with one attached hydrogen (secondary N) is 1. The number of hydrogen-bond acceptors (Lipinski definition) is 2. The molecule has 1 aromatic carbocycles. The maximum atomic E-state index is 12.0.